The summed E-state index contributed by atoms with van der Waals surface area (Å²) in [5.74, 6) is -1.68. The summed E-state index contributed by atoms with van der Waals surface area (Å²) in [5.41, 5.74) is 2.44. The topological polar surface area (TPSA) is 110 Å². The minimum absolute atomic E-state index is 0.0144. The van der Waals surface area contributed by atoms with E-state index in [-0.39, 0.29) is 11.5 Å². The molecule has 1 aliphatic rings. The van der Waals surface area contributed by atoms with Gasteiger partial charge in [0.2, 0.25) is 5.13 Å². The predicted octanol–water partition coefficient (Wildman–Crippen LogP) is 3.81. The summed E-state index contributed by atoms with van der Waals surface area (Å²) in [6.07, 6.45) is 0. The predicted molar refractivity (Wildman–Crippen MR) is 115 cm³/mol. The van der Waals surface area contributed by atoms with Crippen molar-refractivity contribution in [2.45, 2.75) is 13.0 Å². The van der Waals surface area contributed by atoms with Gasteiger partial charge in [-0.2, -0.15) is 20.3 Å². The van der Waals surface area contributed by atoms with Gasteiger partial charge in [-0.3, -0.25) is 4.79 Å². The van der Waals surface area contributed by atoms with Gasteiger partial charge >= 0.3 is 0 Å². The number of azo groups is 1. The first-order valence-electron chi connectivity index (χ1n) is 8.75. The molecule has 0 spiro atoms. The number of carboxylic acid groups (broad SMARTS) is 1. The number of carboxylic acids is 1. The SMILES string of the molecule is CC1=NN(c2nc(-c3ccc(Br)cc3)cs2)C(=O)[C@@H]1N=Nc1cccc(C(=O)[O-])c1. The molecule has 1 aliphatic heterocycles. The minimum atomic E-state index is -1.31. The first kappa shape index (κ1) is 20.0. The Morgan fingerprint density at radius 2 is 2.00 bits per heavy atom. The van der Waals surface area contributed by atoms with Crippen LogP contribution in [0.1, 0.15) is 17.3 Å². The third-order valence-corrected chi connectivity index (χ3v) is 5.62. The Labute approximate surface area is 183 Å². The molecule has 10 heteroatoms. The highest BCUT2D eigenvalue weighted by Crippen LogP contribution is 2.31. The lowest BCUT2D eigenvalue weighted by Gasteiger charge is -2.08. The molecule has 0 saturated carbocycles. The van der Waals surface area contributed by atoms with Crippen LogP contribution >= 0.6 is 27.3 Å². The highest BCUT2D eigenvalue weighted by molar-refractivity contribution is 9.10. The van der Waals surface area contributed by atoms with Crippen molar-refractivity contribution in [3.63, 3.8) is 0 Å². The smallest absolute Gasteiger partial charge is 0.282 e. The molecule has 1 amide bonds. The molecule has 1 atom stereocenters. The lowest BCUT2D eigenvalue weighted by atomic mass is 10.2. The quantitative estimate of drug-likeness (QED) is 0.514. The van der Waals surface area contributed by atoms with Gasteiger partial charge in [0.15, 0.2) is 6.04 Å². The molecule has 1 aromatic heterocycles. The van der Waals surface area contributed by atoms with E-state index in [0.717, 1.165) is 15.7 Å². The third kappa shape index (κ3) is 4.05. The maximum absolute atomic E-state index is 12.8. The summed E-state index contributed by atoms with van der Waals surface area (Å²) in [6, 6.07) is 12.7. The molecule has 0 N–H and O–H groups in total. The van der Waals surface area contributed by atoms with E-state index in [2.05, 4.69) is 36.2 Å². The number of rotatable bonds is 5. The van der Waals surface area contributed by atoms with E-state index in [4.69, 9.17) is 0 Å². The van der Waals surface area contributed by atoms with E-state index >= 15 is 0 Å². The maximum atomic E-state index is 12.8. The fourth-order valence-corrected chi connectivity index (χ4v) is 3.81. The molecular weight excluding hydrogens is 470 g/mol. The zero-order valence-electron chi connectivity index (χ0n) is 15.5. The van der Waals surface area contributed by atoms with Gasteiger partial charge in [-0.1, -0.05) is 40.2 Å². The second-order valence-corrected chi connectivity index (χ2v) is 8.12. The first-order chi connectivity index (χ1) is 14.4. The van der Waals surface area contributed by atoms with Crippen molar-refractivity contribution in [2.24, 2.45) is 15.3 Å². The Bertz CT molecular complexity index is 1190. The van der Waals surface area contributed by atoms with Gasteiger partial charge in [0.25, 0.3) is 5.91 Å². The van der Waals surface area contributed by atoms with E-state index in [1.165, 1.54) is 34.5 Å². The van der Waals surface area contributed by atoms with Crippen LogP contribution in [0, 0.1) is 0 Å². The Morgan fingerprint density at radius 3 is 2.73 bits per heavy atom. The second kappa shape index (κ2) is 8.25. The number of halogens is 1. The highest BCUT2D eigenvalue weighted by Gasteiger charge is 2.36. The lowest BCUT2D eigenvalue weighted by molar-refractivity contribution is -0.255. The molecule has 150 valence electrons. The first-order valence-corrected chi connectivity index (χ1v) is 10.4. The Morgan fingerprint density at radius 1 is 1.23 bits per heavy atom. The summed E-state index contributed by atoms with van der Waals surface area (Å²) in [4.78, 5) is 28.3. The lowest BCUT2D eigenvalue weighted by Crippen LogP contribution is -2.29. The minimum Gasteiger partial charge on any atom is -0.545 e. The molecule has 2 aromatic carbocycles. The van der Waals surface area contributed by atoms with Crippen LogP contribution in [-0.4, -0.2) is 28.6 Å². The molecule has 0 saturated heterocycles. The van der Waals surface area contributed by atoms with Gasteiger partial charge in [0.1, 0.15) is 0 Å². The number of benzene rings is 2. The molecule has 0 fully saturated rings. The number of hydrazone groups is 1. The summed E-state index contributed by atoms with van der Waals surface area (Å²) in [6.45, 7) is 1.68. The summed E-state index contributed by atoms with van der Waals surface area (Å²) in [5, 5.41) is 26.8. The second-order valence-electron chi connectivity index (χ2n) is 6.37. The number of anilines is 1. The van der Waals surface area contributed by atoms with E-state index in [9.17, 15) is 14.7 Å². The van der Waals surface area contributed by atoms with Crippen molar-refractivity contribution < 1.29 is 14.7 Å². The number of thiazole rings is 1. The summed E-state index contributed by atoms with van der Waals surface area (Å²) < 4.78 is 0.968. The van der Waals surface area contributed by atoms with Gasteiger partial charge < -0.3 is 9.90 Å². The van der Waals surface area contributed by atoms with Crippen molar-refractivity contribution in [3.8, 4) is 11.3 Å². The third-order valence-electron chi connectivity index (χ3n) is 4.28. The number of hydrogen-bond donors (Lipinski definition) is 0. The van der Waals surface area contributed by atoms with E-state index in [1.807, 2.05) is 29.6 Å². The average molecular weight is 483 g/mol. The number of amides is 1. The van der Waals surface area contributed by atoms with Crippen LogP contribution in [0.25, 0.3) is 11.3 Å². The van der Waals surface area contributed by atoms with Gasteiger partial charge in [0, 0.05) is 15.4 Å². The molecule has 0 bridgehead atoms. The van der Waals surface area contributed by atoms with E-state index in [1.54, 1.807) is 13.0 Å². The number of nitrogens with zero attached hydrogens (tertiary/aromatic N) is 5. The normalized spacial score (nSPS) is 16.3. The van der Waals surface area contributed by atoms with Crippen LogP contribution < -0.4 is 10.1 Å². The van der Waals surface area contributed by atoms with Crippen molar-refractivity contribution >= 4 is 55.7 Å². The molecule has 30 heavy (non-hydrogen) atoms. The Hall–Kier alpha value is -3.24. The summed E-state index contributed by atoms with van der Waals surface area (Å²) in [7, 11) is 0. The Kier molecular flexibility index (Phi) is 5.51. The molecule has 4 rings (SSSR count). The molecular formula is C20H13BrN5O3S-. The number of aromatic carboxylic acids is 1. The van der Waals surface area contributed by atoms with Crippen LogP contribution in [0.4, 0.5) is 10.8 Å². The average Bonchev–Trinajstić information content (AvgIpc) is 3.32. The van der Waals surface area contributed by atoms with Crippen LogP contribution in [0.15, 0.2) is 73.7 Å². The standard InChI is InChI=1S/C20H14BrN5O3S/c1-11-17(24-23-15-4-2-3-13(9-15)19(28)29)18(27)26(25-11)20-22-16(10-30-20)12-5-7-14(21)8-6-12/h2-10,17H,1H3,(H,28,29)/p-1/t17-/m1/s1. The van der Waals surface area contributed by atoms with Crippen LogP contribution in [0.3, 0.4) is 0 Å². The molecule has 0 aliphatic carbocycles. The van der Waals surface area contributed by atoms with Crippen LogP contribution in [0.2, 0.25) is 0 Å². The van der Waals surface area contributed by atoms with Gasteiger partial charge in [-0.15, -0.1) is 11.3 Å². The van der Waals surface area contributed by atoms with Gasteiger partial charge in [-0.25, -0.2) is 4.98 Å². The highest BCUT2D eigenvalue weighted by atomic mass is 79.9. The fourth-order valence-electron chi connectivity index (χ4n) is 2.76. The Balaban J connectivity index is 1.53. The molecule has 0 unspecified atom stereocenters. The van der Waals surface area contributed by atoms with Crippen LogP contribution in [0.5, 0.6) is 0 Å². The zero-order valence-corrected chi connectivity index (χ0v) is 17.9. The molecule has 8 nitrogen and oxygen atoms in total. The van der Waals surface area contributed by atoms with Gasteiger partial charge in [0.05, 0.1) is 23.1 Å². The van der Waals surface area contributed by atoms with Crippen molar-refractivity contribution in [2.75, 3.05) is 5.01 Å². The van der Waals surface area contributed by atoms with Crippen molar-refractivity contribution in [3.05, 3.63) is 63.9 Å². The van der Waals surface area contributed by atoms with Crippen LogP contribution in [-0.2, 0) is 4.79 Å². The van der Waals surface area contributed by atoms with E-state index in [0.29, 0.717) is 16.5 Å². The number of carbonyl (C=O) groups is 2. The molecule has 0 radical (unpaired) electrons. The molecule has 2 heterocycles. The summed E-state index contributed by atoms with van der Waals surface area (Å²) >= 11 is 4.70. The maximum Gasteiger partial charge on any atom is 0.282 e. The molecule has 3 aromatic rings. The van der Waals surface area contributed by atoms with Crippen molar-refractivity contribution in [1.82, 2.24) is 4.98 Å². The van der Waals surface area contributed by atoms with Crippen molar-refractivity contribution in [1.29, 1.82) is 0 Å². The number of aromatic nitrogens is 1. The van der Waals surface area contributed by atoms with E-state index < -0.39 is 12.0 Å². The fraction of sp³-hybridized carbons (Fsp3) is 0.100. The number of carbonyl (C=O) groups excluding carboxylic acids is 2. The monoisotopic (exact) mass is 482 g/mol. The number of hydrogen-bond acceptors (Lipinski definition) is 8. The van der Waals surface area contributed by atoms with Gasteiger partial charge in [-0.05, 0) is 36.8 Å². The largest absolute Gasteiger partial charge is 0.545 e. The zero-order chi connectivity index (χ0) is 21.3.